The number of ether oxygens (including phenoxy) is 3. The number of aliphatic hydroxyl groups excluding tert-OH is 1. The zero-order valence-electron chi connectivity index (χ0n) is 30.2. The highest BCUT2D eigenvalue weighted by molar-refractivity contribution is 5.97. The highest BCUT2D eigenvalue weighted by atomic mass is 16.5. The van der Waals surface area contributed by atoms with Gasteiger partial charge in [-0.25, -0.2) is 0 Å². The largest absolute Gasteiger partial charge is 0.493 e. The summed E-state index contributed by atoms with van der Waals surface area (Å²) in [5, 5.41) is 17.2. The number of nitrogens with one attached hydrogen (secondary N) is 2. The SMILES string of the molecule is CCCCNC(=O)[C@@H](C[C@H](O)[C@@H](N)C[C@H](CNC(=O)c1ccc(OCCN2CCCCC2)cc1OCCCCOC)C(C)C)C(C)C. The molecule has 10 nitrogen and oxygen atoms in total. The van der Waals surface area contributed by atoms with Crippen molar-refractivity contribution in [1.82, 2.24) is 15.5 Å². The topological polar surface area (TPSA) is 135 Å². The van der Waals surface area contributed by atoms with Crippen molar-refractivity contribution in [3.05, 3.63) is 23.8 Å². The highest BCUT2D eigenvalue weighted by Crippen LogP contribution is 2.27. The van der Waals surface area contributed by atoms with Gasteiger partial charge in [0.15, 0.2) is 0 Å². The third-order valence-corrected chi connectivity index (χ3v) is 9.33. The molecule has 0 radical (unpaired) electrons. The lowest BCUT2D eigenvalue weighted by molar-refractivity contribution is -0.127. The predicted molar refractivity (Wildman–Crippen MR) is 189 cm³/mol. The van der Waals surface area contributed by atoms with Crippen LogP contribution in [0.4, 0.5) is 0 Å². The van der Waals surface area contributed by atoms with E-state index < -0.39 is 12.1 Å². The lowest BCUT2D eigenvalue weighted by atomic mass is 9.83. The van der Waals surface area contributed by atoms with Crippen molar-refractivity contribution in [3.8, 4) is 11.5 Å². The number of carbonyl (C=O) groups excluding carboxylic acids is 2. The minimum absolute atomic E-state index is 0.0255. The van der Waals surface area contributed by atoms with Gasteiger partial charge in [-0.3, -0.25) is 14.5 Å². The maximum absolute atomic E-state index is 13.5. The molecule has 1 heterocycles. The lowest BCUT2D eigenvalue weighted by Gasteiger charge is -2.30. The summed E-state index contributed by atoms with van der Waals surface area (Å²) in [5.41, 5.74) is 6.98. The Kier molecular flexibility index (Phi) is 20.0. The van der Waals surface area contributed by atoms with Crippen LogP contribution in [0.5, 0.6) is 11.5 Å². The van der Waals surface area contributed by atoms with E-state index in [0.29, 0.717) is 62.8 Å². The fourth-order valence-corrected chi connectivity index (χ4v) is 5.96. The molecule has 1 saturated heterocycles. The molecule has 0 unspecified atom stereocenters. The number of rotatable bonds is 24. The normalized spacial score (nSPS) is 16.5. The van der Waals surface area contributed by atoms with Crippen LogP contribution < -0.4 is 25.8 Å². The maximum Gasteiger partial charge on any atom is 0.255 e. The first-order valence-electron chi connectivity index (χ1n) is 18.2. The number of unbranched alkanes of at least 4 members (excludes halogenated alkanes) is 2. The zero-order valence-corrected chi connectivity index (χ0v) is 30.2. The van der Waals surface area contributed by atoms with Crippen molar-refractivity contribution in [2.45, 2.75) is 105 Å². The third kappa shape index (κ3) is 15.6. The van der Waals surface area contributed by atoms with Crippen LogP contribution in [0.15, 0.2) is 18.2 Å². The van der Waals surface area contributed by atoms with Crippen molar-refractivity contribution in [2.75, 3.05) is 59.7 Å². The Morgan fingerprint density at radius 2 is 1.66 bits per heavy atom. The number of carbonyl (C=O) groups is 2. The number of methoxy groups -OCH3 is 1. The first-order valence-corrected chi connectivity index (χ1v) is 18.2. The second-order valence-electron chi connectivity index (χ2n) is 13.9. The molecule has 0 saturated carbocycles. The summed E-state index contributed by atoms with van der Waals surface area (Å²) in [6.07, 6.45) is 7.41. The summed E-state index contributed by atoms with van der Waals surface area (Å²) < 4.78 is 17.3. The van der Waals surface area contributed by atoms with E-state index in [1.807, 2.05) is 26.0 Å². The Bertz CT molecular complexity index is 1020. The number of likely N-dealkylation sites (tertiary alicyclic amines) is 1. The molecule has 10 heteroatoms. The second kappa shape index (κ2) is 23.0. The van der Waals surface area contributed by atoms with Crippen LogP contribution in [0.3, 0.4) is 0 Å². The maximum atomic E-state index is 13.5. The summed E-state index contributed by atoms with van der Waals surface area (Å²) in [7, 11) is 1.68. The Morgan fingerprint density at radius 3 is 2.32 bits per heavy atom. The molecule has 4 atom stereocenters. The first-order chi connectivity index (χ1) is 22.6. The van der Waals surface area contributed by atoms with Gasteiger partial charge in [-0.05, 0) is 87.9 Å². The van der Waals surface area contributed by atoms with Crippen LogP contribution in [-0.2, 0) is 9.53 Å². The smallest absolute Gasteiger partial charge is 0.255 e. The fraction of sp³-hybridized carbons (Fsp3) is 0.784. The Labute approximate surface area is 284 Å². The van der Waals surface area contributed by atoms with Crippen LogP contribution in [0.2, 0.25) is 0 Å². The van der Waals surface area contributed by atoms with Crippen LogP contribution in [0.25, 0.3) is 0 Å². The van der Waals surface area contributed by atoms with Crippen LogP contribution >= 0.6 is 0 Å². The van der Waals surface area contributed by atoms with Gasteiger partial charge in [-0.1, -0.05) is 47.5 Å². The third-order valence-electron chi connectivity index (χ3n) is 9.33. The molecular weight excluding hydrogens is 596 g/mol. The Morgan fingerprint density at radius 1 is 0.936 bits per heavy atom. The zero-order chi connectivity index (χ0) is 34.6. The van der Waals surface area contributed by atoms with Gasteiger partial charge in [0.25, 0.3) is 5.91 Å². The van der Waals surface area contributed by atoms with E-state index in [1.54, 1.807) is 13.2 Å². The average Bonchev–Trinajstić information content (AvgIpc) is 3.05. The Balaban J connectivity index is 2.01. The number of nitrogens with two attached hydrogens (primary N) is 1. The van der Waals surface area contributed by atoms with Gasteiger partial charge in [-0.2, -0.15) is 0 Å². The molecule has 1 aromatic carbocycles. The van der Waals surface area contributed by atoms with E-state index >= 15 is 0 Å². The molecular formula is C37H66N4O6. The van der Waals surface area contributed by atoms with Gasteiger partial charge in [0.2, 0.25) is 5.91 Å². The minimum Gasteiger partial charge on any atom is -0.493 e. The van der Waals surface area contributed by atoms with Gasteiger partial charge < -0.3 is 35.7 Å². The van der Waals surface area contributed by atoms with E-state index in [4.69, 9.17) is 19.9 Å². The molecule has 47 heavy (non-hydrogen) atoms. The number of amides is 2. The molecule has 1 aliphatic rings. The summed E-state index contributed by atoms with van der Waals surface area (Å²) in [5.74, 6) is 0.970. The molecule has 1 fully saturated rings. The lowest BCUT2D eigenvalue weighted by Crippen LogP contribution is -2.44. The molecule has 5 N–H and O–H groups in total. The minimum atomic E-state index is -0.822. The van der Waals surface area contributed by atoms with Crippen molar-refractivity contribution < 1.29 is 28.9 Å². The number of hydrogen-bond donors (Lipinski definition) is 4. The van der Waals surface area contributed by atoms with Crippen molar-refractivity contribution >= 4 is 11.8 Å². The van der Waals surface area contributed by atoms with Gasteiger partial charge in [-0.15, -0.1) is 0 Å². The second-order valence-corrected chi connectivity index (χ2v) is 13.9. The molecule has 2 rings (SSSR count). The van der Waals surface area contributed by atoms with Crippen LogP contribution in [-0.4, -0.2) is 93.6 Å². The number of hydrogen-bond acceptors (Lipinski definition) is 8. The molecule has 0 bridgehead atoms. The van der Waals surface area contributed by atoms with Crippen molar-refractivity contribution in [2.24, 2.45) is 29.4 Å². The number of piperidine rings is 1. The molecule has 1 aliphatic heterocycles. The summed E-state index contributed by atoms with van der Waals surface area (Å²) >= 11 is 0. The van der Waals surface area contributed by atoms with Crippen molar-refractivity contribution in [1.29, 1.82) is 0 Å². The van der Waals surface area contributed by atoms with E-state index in [1.165, 1.54) is 19.3 Å². The number of nitrogens with zero attached hydrogens (tertiary/aromatic N) is 1. The monoisotopic (exact) mass is 662 g/mol. The predicted octanol–water partition coefficient (Wildman–Crippen LogP) is 5.02. The molecule has 270 valence electrons. The summed E-state index contributed by atoms with van der Waals surface area (Å²) in [6, 6.07) is 4.90. The highest BCUT2D eigenvalue weighted by Gasteiger charge is 2.30. The molecule has 0 aliphatic carbocycles. The van der Waals surface area contributed by atoms with E-state index in [-0.39, 0.29) is 35.5 Å². The summed E-state index contributed by atoms with van der Waals surface area (Å²) in [4.78, 5) is 28.7. The van der Waals surface area contributed by atoms with Gasteiger partial charge >= 0.3 is 0 Å². The van der Waals surface area contributed by atoms with Gasteiger partial charge in [0.1, 0.15) is 18.1 Å². The quantitative estimate of drug-likeness (QED) is 0.114. The molecule has 2 amide bonds. The average molecular weight is 663 g/mol. The fourth-order valence-electron chi connectivity index (χ4n) is 5.96. The number of aliphatic hydroxyl groups is 1. The van der Waals surface area contributed by atoms with E-state index in [0.717, 1.165) is 45.3 Å². The molecule has 0 spiro atoms. The van der Waals surface area contributed by atoms with E-state index in [2.05, 4.69) is 36.3 Å². The van der Waals surface area contributed by atoms with Gasteiger partial charge in [0, 0.05) is 51.4 Å². The molecule has 0 aromatic heterocycles. The Hall–Kier alpha value is -2.40. The van der Waals surface area contributed by atoms with Crippen molar-refractivity contribution in [3.63, 3.8) is 0 Å². The molecule has 1 aromatic rings. The first kappa shape index (κ1) is 40.8. The summed E-state index contributed by atoms with van der Waals surface area (Å²) in [6.45, 7) is 16.2. The number of benzene rings is 1. The van der Waals surface area contributed by atoms with E-state index in [9.17, 15) is 14.7 Å². The van der Waals surface area contributed by atoms with Gasteiger partial charge in [0.05, 0.1) is 18.3 Å². The van der Waals surface area contributed by atoms with Crippen LogP contribution in [0, 0.1) is 23.7 Å². The van der Waals surface area contributed by atoms with Crippen LogP contribution in [0.1, 0.15) is 103 Å². The standard InChI is InChI=1S/C37H66N4O6/c1-7-8-16-39-37(44)32(28(4)5)25-34(42)33(38)23-29(27(2)3)26-40-36(43)31-15-14-30(24-35(31)47-21-13-12-20-45-6)46-22-19-41-17-10-9-11-18-41/h14-15,24,27-29,32-34,42H,7-13,16-23,25-26,38H2,1-6H3,(H,39,44)(H,40,43)/t29-,32+,33+,34+/m1/s1.